The summed E-state index contributed by atoms with van der Waals surface area (Å²) in [7, 11) is 1.57. The molecule has 2 aliphatic rings. The summed E-state index contributed by atoms with van der Waals surface area (Å²) >= 11 is 8.26. The second-order valence-electron chi connectivity index (χ2n) is 10.5. The molecule has 0 aliphatic carbocycles. The second-order valence-corrected chi connectivity index (χ2v) is 13.1. The van der Waals surface area contributed by atoms with Crippen molar-refractivity contribution < 1.29 is 19.1 Å². The number of thiazole rings is 1. The second kappa shape index (κ2) is 11.3. The Labute approximate surface area is 265 Å². The van der Waals surface area contributed by atoms with Crippen LogP contribution in [0.4, 0.5) is 11.4 Å². The third kappa shape index (κ3) is 4.79. The van der Waals surface area contributed by atoms with E-state index in [1.807, 2.05) is 54.6 Å². The monoisotopic (exact) mass is 641 g/mol. The largest absolute Gasteiger partial charge is 0.497 e. The average Bonchev–Trinajstić information content (AvgIpc) is 3.48. The van der Waals surface area contributed by atoms with E-state index < -0.39 is 17.1 Å². The molecule has 1 fully saturated rings. The van der Waals surface area contributed by atoms with Gasteiger partial charge in [-0.15, -0.1) is 0 Å². The predicted molar refractivity (Wildman–Crippen MR) is 173 cm³/mol. The van der Waals surface area contributed by atoms with E-state index in [4.69, 9.17) is 16.3 Å². The first-order chi connectivity index (χ1) is 21.3. The number of benzene rings is 4. The van der Waals surface area contributed by atoms with Gasteiger partial charge in [0.25, 0.3) is 0 Å². The number of methoxy groups -OCH3 is 1. The van der Waals surface area contributed by atoms with Crippen molar-refractivity contribution in [2.45, 2.75) is 22.7 Å². The molecule has 3 unspecified atom stereocenters. The first-order valence-electron chi connectivity index (χ1n) is 13.8. The lowest BCUT2D eigenvalue weighted by molar-refractivity contribution is -0.122. The van der Waals surface area contributed by atoms with Crippen LogP contribution in [0.1, 0.15) is 16.4 Å². The number of carbonyl (C=O) groups excluding carboxylic acids is 3. The average molecular weight is 642 g/mol. The third-order valence-electron chi connectivity index (χ3n) is 7.97. The summed E-state index contributed by atoms with van der Waals surface area (Å²) in [6, 6.07) is 27.2. The first kappa shape index (κ1) is 28.4. The zero-order valence-electron chi connectivity index (χ0n) is 23.2. The number of ether oxygens (including phenoxy) is 1. The Morgan fingerprint density at radius 1 is 0.909 bits per heavy atom. The van der Waals surface area contributed by atoms with Crippen LogP contribution in [0.25, 0.3) is 10.8 Å². The summed E-state index contributed by atoms with van der Waals surface area (Å²) in [5.41, 5.74) is 1.85. The Morgan fingerprint density at radius 2 is 1.64 bits per heavy atom. The summed E-state index contributed by atoms with van der Waals surface area (Å²) in [5, 5.41) is 5.04. The summed E-state index contributed by atoms with van der Waals surface area (Å²) in [6.45, 7) is -0.239. The molecule has 7 rings (SSSR count). The molecule has 44 heavy (non-hydrogen) atoms. The fourth-order valence-corrected chi connectivity index (χ4v) is 8.84. The number of hydrogen-bond donors (Lipinski definition) is 1. The minimum absolute atomic E-state index is 0.239. The molecule has 0 spiro atoms. The van der Waals surface area contributed by atoms with Gasteiger partial charge >= 0.3 is 4.87 Å². The van der Waals surface area contributed by atoms with Gasteiger partial charge in [0.2, 0.25) is 17.7 Å². The van der Waals surface area contributed by atoms with Crippen molar-refractivity contribution in [2.75, 3.05) is 17.3 Å². The maximum absolute atomic E-state index is 14.0. The van der Waals surface area contributed by atoms with Crippen molar-refractivity contribution in [3.05, 3.63) is 116 Å². The molecule has 4 aromatic carbocycles. The van der Waals surface area contributed by atoms with Crippen LogP contribution in [0, 0.1) is 5.92 Å². The molecule has 11 heteroatoms. The fraction of sp³-hybridized carbons (Fsp3) is 0.152. The minimum atomic E-state index is -0.792. The molecule has 0 saturated carbocycles. The van der Waals surface area contributed by atoms with Crippen LogP contribution < -0.4 is 19.8 Å². The number of nitrogens with one attached hydrogen (secondary N) is 1. The van der Waals surface area contributed by atoms with Crippen LogP contribution in [0.15, 0.2) is 101 Å². The van der Waals surface area contributed by atoms with Crippen molar-refractivity contribution >= 4 is 74.6 Å². The highest BCUT2D eigenvalue weighted by Crippen LogP contribution is 2.54. The van der Waals surface area contributed by atoms with Crippen molar-refractivity contribution in [3.8, 4) is 5.75 Å². The summed E-state index contributed by atoms with van der Waals surface area (Å²) in [6.07, 6.45) is 0. The lowest BCUT2D eigenvalue weighted by atomic mass is 9.83. The number of halogens is 1. The molecule has 3 heterocycles. The number of rotatable bonds is 6. The van der Waals surface area contributed by atoms with Crippen LogP contribution in [0.5, 0.6) is 5.75 Å². The summed E-state index contributed by atoms with van der Waals surface area (Å²) in [4.78, 5) is 56.3. The van der Waals surface area contributed by atoms with Crippen LogP contribution in [-0.4, -0.2) is 34.6 Å². The smallest absolute Gasteiger partial charge is 0.308 e. The van der Waals surface area contributed by atoms with Crippen LogP contribution in [-0.2, 0) is 20.9 Å². The minimum Gasteiger partial charge on any atom is -0.497 e. The Morgan fingerprint density at radius 3 is 2.39 bits per heavy atom. The molecular weight excluding hydrogens is 618 g/mol. The molecule has 220 valence electrons. The molecule has 1 aromatic heterocycles. The van der Waals surface area contributed by atoms with E-state index in [1.54, 1.807) is 43.5 Å². The molecular formula is C33H24ClN3O5S2. The van der Waals surface area contributed by atoms with Gasteiger partial charge in [-0.3, -0.25) is 23.7 Å². The van der Waals surface area contributed by atoms with Crippen molar-refractivity contribution in [2.24, 2.45) is 5.92 Å². The lowest BCUT2D eigenvalue weighted by Crippen LogP contribution is -2.33. The van der Waals surface area contributed by atoms with E-state index in [-0.39, 0.29) is 29.1 Å². The molecule has 3 amide bonds. The van der Waals surface area contributed by atoms with Crippen LogP contribution >= 0.6 is 34.7 Å². The SMILES string of the molecule is COc1ccc(C2c3sc(=O)n(CC(=O)Nc4cccc5ccccc45)c3SC3C(=O)N(c4ccc(Cl)cc4)C(=O)C32)cc1. The maximum atomic E-state index is 14.0. The number of aromatic nitrogens is 1. The van der Waals surface area contributed by atoms with Crippen molar-refractivity contribution in [1.82, 2.24) is 4.57 Å². The molecule has 0 radical (unpaired) electrons. The number of carbonyl (C=O) groups is 3. The number of hydrogen-bond acceptors (Lipinski definition) is 7. The van der Waals surface area contributed by atoms with Gasteiger partial charge in [0.05, 0.1) is 23.7 Å². The zero-order valence-corrected chi connectivity index (χ0v) is 25.6. The van der Waals surface area contributed by atoms with Gasteiger partial charge in [-0.25, -0.2) is 4.90 Å². The molecule has 1 N–H and O–H groups in total. The molecule has 5 aromatic rings. The number of thioether (sulfide) groups is 1. The third-order valence-corrected chi connectivity index (χ3v) is 10.8. The fourth-order valence-electron chi connectivity index (χ4n) is 5.94. The van der Waals surface area contributed by atoms with Crippen molar-refractivity contribution in [1.29, 1.82) is 0 Å². The van der Waals surface area contributed by atoms with Gasteiger partial charge in [-0.2, -0.15) is 0 Å². The molecule has 2 aliphatic heterocycles. The molecule has 0 bridgehead atoms. The first-order valence-corrected chi connectivity index (χ1v) is 15.9. The van der Waals surface area contributed by atoms with E-state index in [0.29, 0.717) is 32.1 Å². The number of anilines is 2. The van der Waals surface area contributed by atoms with E-state index in [0.717, 1.165) is 27.7 Å². The van der Waals surface area contributed by atoms with Gasteiger partial charge in [0.15, 0.2) is 0 Å². The van der Waals surface area contributed by atoms with Gasteiger partial charge in [0.1, 0.15) is 17.5 Å². The van der Waals surface area contributed by atoms with E-state index >= 15 is 0 Å². The highest BCUT2D eigenvalue weighted by molar-refractivity contribution is 8.00. The number of imide groups is 1. The van der Waals surface area contributed by atoms with Gasteiger partial charge in [-0.05, 0) is 53.4 Å². The normalized spacial score (nSPS) is 19.1. The van der Waals surface area contributed by atoms with Gasteiger partial charge < -0.3 is 10.1 Å². The van der Waals surface area contributed by atoms with Crippen LogP contribution in [0.3, 0.4) is 0 Å². The van der Waals surface area contributed by atoms with Gasteiger partial charge in [0, 0.05) is 26.9 Å². The Bertz CT molecular complexity index is 2000. The Balaban J connectivity index is 1.28. The van der Waals surface area contributed by atoms with Crippen molar-refractivity contribution in [3.63, 3.8) is 0 Å². The number of fused-ring (bicyclic) bond motifs is 3. The zero-order chi connectivity index (χ0) is 30.5. The highest BCUT2D eigenvalue weighted by Gasteiger charge is 2.56. The standard InChI is InChI=1S/C33H24ClN3O5S2/c1-42-22-15-9-19(10-16-22)26-27-28(31(40)37(30(27)39)21-13-11-20(34)12-14-21)43-32-29(26)44-33(41)36(32)17-25(38)35-24-8-4-6-18-5-2-3-7-23(18)24/h2-16,26-28H,17H2,1H3,(H,35,38). The summed E-state index contributed by atoms with van der Waals surface area (Å²) in [5.74, 6) is -1.77. The number of nitrogens with zero attached hydrogens (tertiary/aromatic N) is 2. The van der Waals surface area contributed by atoms with E-state index in [2.05, 4.69) is 5.32 Å². The maximum Gasteiger partial charge on any atom is 0.308 e. The quantitative estimate of drug-likeness (QED) is 0.223. The summed E-state index contributed by atoms with van der Waals surface area (Å²) < 4.78 is 6.76. The Hall–Kier alpha value is -4.38. The topological polar surface area (TPSA) is 97.7 Å². The number of amides is 3. The highest BCUT2D eigenvalue weighted by atomic mass is 35.5. The Kier molecular flexibility index (Phi) is 7.28. The van der Waals surface area contributed by atoms with E-state index in [1.165, 1.54) is 21.2 Å². The predicted octanol–water partition coefficient (Wildman–Crippen LogP) is 6.16. The lowest BCUT2D eigenvalue weighted by Gasteiger charge is -2.30. The van der Waals surface area contributed by atoms with Gasteiger partial charge in [-0.1, -0.05) is 83.2 Å². The molecule has 8 nitrogen and oxygen atoms in total. The molecule has 3 atom stereocenters. The molecule has 1 saturated heterocycles. The van der Waals surface area contributed by atoms with Crippen LogP contribution in [0.2, 0.25) is 5.02 Å². The van der Waals surface area contributed by atoms with E-state index in [9.17, 15) is 19.2 Å².